The molecular weight excluding hydrogens is 308 g/mol. The van der Waals surface area contributed by atoms with Crippen LogP contribution in [-0.2, 0) is 14.3 Å². The van der Waals surface area contributed by atoms with Crippen molar-refractivity contribution in [3.8, 4) is 0 Å². The summed E-state index contributed by atoms with van der Waals surface area (Å²) in [6.07, 6.45) is 12.0. The van der Waals surface area contributed by atoms with Crippen molar-refractivity contribution < 1.29 is 19.1 Å². The third-order valence-corrected chi connectivity index (χ3v) is 3.61. The largest absolute Gasteiger partial charge is 0.465 e. The molecule has 1 aliphatic heterocycles. The van der Waals surface area contributed by atoms with Crippen LogP contribution in [0.3, 0.4) is 0 Å². The van der Waals surface area contributed by atoms with Gasteiger partial charge in [-0.15, -0.1) is 5.10 Å². The van der Waals surface area contributed by atoms with Gasteiger partial charge in [0.2, 0.25) is 11.5 Å². The lowest BCUT2D eigenvalue weighted by molar-refractivity contribution is -0.118. The Morgan fingerprint density at radius 2 is 2.04 bits per heavy atom. The number of carbonyl (C=O) groups is 2. The van der Waals surface area contributed by atoms with Crippen molar-refractivity contribution in [2.24, 2.45) is 0 Å². The van der Waals surface area contributed by atoms with E-state index >= 15 is 0 Å². The Balaban J connectivity index is 1.56. The van der Waals surface area contributed by atoms with E-state index in [2.05, 4.69) is 16.3 Å². The first kappa shape index (κ1) is 15.9. The monoisotopic (exact) mass is 324 g/mol. The zero-order chi connectivity index (χ0) is 16.8. The van der Waals surface area contributed by atoms with Crippen molar-refractivity contribution in [2.75, 3.05) is 0 Å². The number of allylic oxidation sites excluding steroid dienone is 5. The van der Waals surface area contributed by atoms with Crippen LogP contribution in [0.15, 0.2) is 66.2 Å². The minimum absolute atomic E-state index is 0.0246. The zero-order valence-corrected chi connectivity index (χ0v) is 13.0. The van der Waals surface area contributed by atoms with Gasteiger partial charge in [0.15, 0.2) is 11.5 Å². The number of ketones is 2. The van der Waals surface area contributed by atoms with Crippen LogP contribution < -0.4 is 0 Å². The van der Waals surface area contributed by atoms with E-state index in [0.29, 0.717) is 5.76 Å². The van der Waals surface area contributed by atoms with Crippen LogP contribution in [0.5, 0.6) is 0 Å². The van der Waals surface area contributed by atoms with Gasteiger partial charge in [0.05, 0.1) is 0 Å². The molecule has 0 atom stereocenters. The molecule has 0 N–H and O–H groups in total. The fraction of sp³-hybridized carbons (Fsp3) is 0.222. The van der Waals surface area contributed by atoms with E-state index < -0.39 is 0 Å². The Morgan fingerprint density at radius 3 is 2.79 bits per heavy atom. The Morgan fingerprint density at radius 1 is 1.17 bits per heavy atom. The van der Waals surface area contributed by atoms with Gasteiger partial charge in [-0.25, -0.2) is 0 Å². The van der Waals surface area contributed by atoms with Gasteiger partial charge < -0.3 is 9.47 Å². The average molecular weight is 324 g/mol. The molecule has 24 heavy (non-hydrogen) atoms. The van der Waals surface area contributed by atoms with Crippen LogP contribution in [0, 0.1) is 0 Å². The Kier molecular flexibility index (Phi) is 4.96. The standard InChI is InChI=1S/C18H16N2O4/c21-15(14-7-4-10-19-20-14)8-9-16(22)18-12-23-11-17(24-18)13-5-2-1-3-6-13/h1-2,4-5,7,10-12H,3,6,8-9H2. The third-order valence-electron chi connectivity index (χ3n) is 3.61. The highest BCUT2D eigenvalue weighted by Gasteiger charge is 2.21. The van der Waals surface area contributed by atoms with E-state index in [1.165, 1.54) is 18.7 Å². The first-order chi connectivity index (χ1) is 11.7. The van der Waals surface area contributed by atoms with Gasteiger partial charge in [0.25, 0.3) is 0 Å². The highest BCUT2D eigenvalue weighted by molar-refractivity contribution is 6.00. The maximum absolute atomic E-state index is 12.2. The van der Waals surface area contributed by atoms with Crippen molar-refractivity contribution in [1.82, 2.24) is 10.2 Å². The first-order valence-corrected chi connectivity index (χ1v) is 7.68. The van der Waals surface area contributed by atoms with Crippen molar-refractivity contribution >= 4 is 11.6 Å². The third kappa shape index (κ3) is 3.84. The molecule has 0 aromatic carbocycles. The molecule has 122 valence electrons. The van der Waals surface area contributed by atoms with E-state index in [1.807, 2.05) is 12.2 Å². The molecule has 2 heterocycles. The van der Waals surface area contributed by atoms with Crippen LogP contribution >= 0.6 is 0 Å². The van der Waals surface area contributed by atoms with E-state index in [-0.39, 0.29) is 35.9 Å². The number of Topliss-reactive ketones (excluding diaryl/α,β-unsaturated/α-hetero) is 2. The lowest BCUT2D eigenvalue weighted by Crippen LogP contribution is -2.13. The number of ether oxygens (including phenoxy) is 2. The lowest BCUT2D eigenvalue weighted by Gasteiger charge is -2.18. The van der Waals surface area contributed by atoms with Crippen molar-refractivity contribution in [1.29, 1.82) is 0 Å². The van der Waals surface area contributed by atoms with Crippen LogP contribution in [0.25, 0.3) is 0 Å². The smallest absolute Gasteiger partial charge is 0.205 e. The normalized spacial score (nSPS) is 16.2. The van der Waals surface area contributed by atoms with Gasteiger partial charge in [0.1, 0.15) is 18.2 Å². The van der Waals surface area contributed by atoms with E-state index in [9.17, 15) is 9.59 Å². The van der Waals surface area contributed by atoms with Gasteiger partial charge in [-0.3, -0.25) is 9.59 Å². The number of nitrogens with zero attached hydrogens (tertiary/aromatic N) is 2. The molecule has 1 aliphatic carbocycles. The molecule has 0 fully saturated rings. The molecule has 1 aromatic heterocycles. The molecule has 0 bridgehead atoms. The molecule has 2 aliphatic rings. The quantitative estimate of drug-likeness (QED) is 0.749. The highest BCUT2D eigenvalue weighted by Crippen LogP contribution is 2.26. The number of carbonyl (C=O) groups excluding carboxylic acids is 2. The number of aromatic nitrogens is 2. The second-order valence-electron chi connectivity index (χ2n) is 5.32. The summed E-state index contributed by atoms with van der Waals surface area (Å²) in [4.78, 5) is 24.2. The van der Waals surface area contributed by atoms with Crippen LogP contribution in [0.1, 0.15) is 36.2 Å². The van der Waals surface area contributed by atoms with Crippen LogP contribution in [0.4, 0.5) is 0 Å². The van der Waals surface area contributed by atoms with Gasteiger partial charge in [-0.2, -0.15) is 5.10 Å². The van der Waals surface area contributed by atoms with Crippen molar-refractivity contribution in [3.05, 3.63) is 71.9 Å². The fourth-order valence-electron chi connectivity index (χ4n) is 2.32. The van der Waals surface area contributed by atoms with Crippen LogP contribution in [0.2, 0.25) is 0 Å². The van der Waals surface area contributed by atoms with Crippen molar-refractivity contribution in [2.45, 2.75) is 25.7 Å². The fourth-order valence-corrected chi connectivity index (χ4v) is 2.32. The highest BCUT2D eigenvalue weighted by atomic mass is 16.5. The zero-order valence-electron chi connectivity index (χ0n) is 13.0. The molecule has 0 unspecified atom stereocenters. The minimum atomic E-state index is -0.287. The summed E-state index contributed by atoms with van der Waals surface area (Å²) < 4.78 is 10.9. The van der Waals surface area contributed by atoms with Gasteiger partial charge >= 0.3 is 0 Å². The summed E-state index contributed by atoms with van der Waals surface area (Å²) in [5, 5.41) is 7.39. The average Bonchev–Trinajstić information content (AvgIpc) is 2.67. The van der Waals surface area contributed by atoms with E-state index in [4.69, 9.17) is 9.47 Å². The van der Waals surface area contributed by atoms with Gasteiger partial charge in [-0.05, 0) is 30.5 Å². The van der Waals surface area contributed by atoms with Crippen LogP contribution in [-0.4, -0.2) is 21.8 Å². The predicted octanol–water partition coefficient (Wildman–Crippen LogP) is 3.01. The molecule has 1 aromatic rings. The SMILES string of the molecule is O=C(CCC(=O)c1cccnn1)C1=COC=C(C2=CC=CCC2)O1. The summed E-state index contributed by atoms with van der Waals surface area (Å²) in [6.45, 7) is 0. The lowest BCUT2D eigenvalue weighted by atomic mass is 10.0. The molecule has 6 heteroatoms. The molecule has 0 saturated heterocycles. The molecule has 3 rings (SSSR count). The van der Waals surface area contributed by atoms with Crippen molar-refractivity contribution in [3.63, 3.8) is 0 Å². The number of hydrogen-bond donors (Lipinski definition) is 0. The number of rotatable bonds is 6. The Hall–Kier alpha value is -3.02. The Bertz CT molecular complexity index is 760. The molecule has 0 amide bonds. The second-order valence-corrected chi connectivity index (χ2v) is 5.32. The maximum Gasteiger partial charge on any atom is 0.205 e. The molecular formula is C18H16N2O4. The summed E-state index contributed by atoms with van der Waals surface area (Å²) >= 11 is 0. The van der Waals surface area contributed by atoms with Gasteiger partial charge in [-0.1, -0.05) is 18.2 Å². The number of hydrogen-bond acceptors (Lipinski definition) is 6. The molecule has 6 nitrogen and oxygen atoms in total. The molecule has 0 radical (unpaired) electrons. The summed E-state index contributed by atoms with van der Waals surface area (Å²) in [6, 6.07) is 3.20. The molecule has 0 spiro atoms. The van der Waals surface area contributed by atoms with Gasteiger partial charge in [0, 0.05) is 19.0 Å². The van der Waals surface area contributed by atoms with E-state index in [1.54, 1.807) is 12.1 Å². The Labute approximate surface area is 139 Å². The maximum atomic E-state index is 12.2. The minimum Gasteiger partial charge on any atom is -0.465 e. The summed E-state index contributed by atoms with van der Waals surface area (Å²) in [5.74, 6) is 0.120. The predicted molar refractivity (Wildman–Crippen MR) is 85.4 cm³/mol. The van der Waals surface area contributed by atoms with E-state index in [0.717, 1.165) is 18.4 Å². The summed E-state index contributed by atoms with van der Waals surface area (Å²) in [7, 11) is 0. The molecule has 0 saturated carbocycles. The first-order valence-electron chi connectivity index (χ1n) is 7.68. The summed E-state index contributed by atoms with van der Waals surface area (Å²) in [5.41, 5.74) is 1.23. The topological polar surface area (TPSA) is 78.4 Å². The second kappa shape index (κ2) is 7.50.